The molecule has 7 nitrogen and oxygen atoms in total. The number of benzene rings is 2. The average molecular weight is 533 g/mol. The second-order valence-corrected chi connectivity index (χ2v) is 11.5. The fourth-order valence-electron chi connectivity index (χ4n) is 4.87. The highest BCUT2D eigenvalue weighted by molar-refractivity contribution is 7.89. The molecule has 1 aliphatic rings. The van der Waals surface area contributed by atoms with E-state index >= 15 is 0 Å². The molecule has 2 N–H and O–H groups in total. The van der Waals surface area contributed by atoms with Crippen molar-refractivity contribution in [3.05, 3.63) is 90.5 Å². The molecule has 1 amide bonds. The van der Waals surface area contributed by atoms with Crippen molar-refractivity contribution in [3.8, 4) is 11.3 Å². The predicted octanol–water partition coefficient (Wildman–Crippen LogP) is 5.15. The Balaban J connectivity index is 1.19. The van der Waals surface area contributed by atoms with Gasteiger partial charge in [-0.05, 0) is 86.7 Å². The number of rotatable bonds is 7. The fraction of sp³-hybridized carbons (Fsp3) is 0.276. The molecule has 0 radical (unpaired) electrons. The average Bonchev–Trinajstić information content (AvgIpc) is 2.93. The molecule has 9 heteroatoms. The number of hydrogen-bond donors (Lipinski definition) is 2. The standard InChI is InChI=1S/C29H29FN4O3S/c1-19(20-4-9-24(30)10-5-20)32-29(35)21-6-11-25(12-7-21)34-38(36,37)26-13-15-27-22(17-26)8-14-28(33-27)23-3-2-16-31-18-23/h2-5,8-10,13-19,21,25,34H,6-7,11-12H2,1H3,(H,32,35)/t19-,21?,25?/m1/s1. The van der Waals surface area contributed by atoms with Crippen LogP contribution in [-0.4, -0.2) is 30.3 Å². The molecule has 2 heterocycles. The van der Waals surface area contributed by atoms with Crippen molar-refractivity contribution < 1.29 is 17.6 Å². The molecule has 38 heavy (non-hydrogen) atoms. The van der Waals surface area contributed by atoms with Crippen molar-refractivity contribution in [1.29, 1.82) is 0 Å². The lowest BCUT2D eigenvalue weighted by Crippen LogP contribution is -2.41. The number of amides is 1. The van der Waals surface area contributed by atoms with E-state index in [9.17, 15) is 17.6 Å². The molecule has 0 saturated heterocycles. The molecule has 1 saturated carbocycles. The minimum atomic E-state index is -3.73. The summed E-state index contributed by atoms with van der Waals surface area (Å²) in [6, 6.07) is 18.0. The predicted molar refractivity (Wildman–Crippen MR) is 144 cm³/mol. The van der Waals surface area contributed by atoms with E-state index in [2.05, 4.69) is 20.0 Å². The van der Waals surface area contributed by atoms with Crippen LogP contribution in [0.1, 0.15) is 44.2 Å². The third-order valence-corrected chi connectivity index (χ3v) is 8.59. The molecule has 2 aromatic heterocycles. The number of nitrogens with one attached hydrogen (secondary N) is 2. The first kappa shape index (κ1) is 25.9. The van der Waals surface area contributed by atoms with Gasteiger partial charge in [0, 0.05) is 35.3 Å². The van der Waals surface area contributed by atoms with Crippen LogP contribution in [0.2, 0.25) is 0 Å². The van der Waals surface area contributed by atoms with Crippen LogP contribution in [0.4, 0.5) is 4.39 Å². The van der Waals surface area contributed by atoms with Gasteiger partial charge < -0.3 is 5.32 Å². The van der Waals surface area contributed by atoms with Crippen LogP contribution in [0.3, 0.4) is 0 Å². The number of pyridine rings is 2. The van der Waals surface area contributed by atoms with Crippen LogP contribution in [0.15, 0.2) is 84.0 Å². The van der Waals surface area contributed by atoms with Crippen molar-refractivity contribution >= 4 is 26.8 Å². The zero-order valence-corrected chi connectivity index (χ0v) is 21.8. The smallest absolute Gasteiger partial charge is 0.240 e. The maximum Gasteiger partial charge on any atom is 0.240 e. The highest BCUT2D eigenvalue weighted by Gasteiger charge is 2.30. The highest BCUT2D eigenvalue weighted by Crippen LogP contribution is 2.28. The number of nitrogens with zero attached hydrogens (tertiary/aromatic N) is 2. The molecular weight excluding hydrogens is 503 g/mol. The van der Waals surface area contributed by atoms with E-state index < -0.39 is 10.0 Å². The van der Waals surface area contributed by atoms with Gasteiger partial charge in [-0.2, -0.15) is 0 Å². The van der Waals surface area contributed by atoms with Gasteiger partial charge in [-0.3, -0.25) is 9.78 Å². The number of hydrogen-bond acceptors (Lipinski definition) is 5. The van der Waals surface area contributed by atoms with Gasteiger partial charge >= 0.3 is 0 Å². The monoisotopic (exact) mass is 532 g/mol. The van der Waals surface area contributed by atoms with E-state index in [0.717, 1.165) is 22.2 Å². The summed E-state index contributed by atoms with van der Waals surface area (Å²) in [7, 11) is -3.73. The maximum atomic E-state index is 13.2. The lowest BCUT2D eigenvalue weighted by Gasteiger charge is -2.29. The van der Waals surface area contributed by atoms with Gasteiger partial charge in [-0.15, -0.1) is 0 Å². The summed E-state index contributed by atoms with van der Waals surface area (Å²) in [6.45, 7) is 1.86. The van der Waals surface area contributed by atoms with E-state index in [1.807, 2.05) is 31.2 Å². The van der Waals surface area contributed by atoms with Crippen molar-refractivity contribution in [3.63, 3.8) is 0 Å². The second-order valence-electron chi connectivity index (χ2n) is 9.74. The molecule has 0 unspecified atom stereocenters. The number of halogens is 1. The second kappa shape index (κ2) is 11.0. The lowest BCUT2D eigenvalue weighted by molar-refractivity contribution is -0.126. The SMILES string of the molecule is C[C@@H](NC(=O)C1CCC(NS(=O)(=O)c2ccc3nc(-c4cccnc4)ccc3c2)CC1)c1ccc(F)cc1. The molecule has 0 aliphatic heterocycles. The highest BCUT2D eigenvalue weighted by atomic mass is 32.2. The summed E-state index contributed by atoms with van der Waals surface area (Å²) in [4.78, 5) is 21.7. The topological polar surface area (TPSA) is 101 Å². The lowest BCUT2D eigenvalue weighted by atomic mass is 9.85. The molecular formula is C29H29FN4O3S. The first-order valence-electron chi connectivity index (χ1n) is 12.7. The van der Waals surface area contributed by atoms with Crippen LogP contribution in [0.25, 0.3) is 22.2 Å². The summed E-state index contributed by atoms with van der Waals surface area (Å²) >= 11 is 0. The Labute approximate surface area is 221 Å². The molecule has 5 rings (SSSR count). The van der Waals surface area contributed by atoms with Crippen LogP contribution < -0.4 is 10.0 Å². The van der Waals surface area contributed by atoms with Crippen LogP contribution in [0, 0.1) is 11.7 Å². The molecule has 196 valence electrons. The quantitative estimate of drug-likeness (QED) is 0.343. The molecule has 0 bridgehead atoms. The van der Waals surface area contributed by atoms with E-state index in [4.69, 9.17) is 0 Å². The first-order valence-corrected chi connectivity index (χ1v) is 14.2. The van der Waals surface area contributed by atoms with Crippen molar-refractivity contribution in [1.82, 2.24) is 20.0 Å². The maximum absolute atomic E-state index is 13.2. The molecule has 1 fully saturated rings. The number of sulfonamides is 1. The zero-order valence-electron chi connectivity index (χ0n) is 21.0. The summed E-state index contributed by atoms with van der Waals surface area (Å²) < 4.78 is 42.2. The van der Waals surface area contributed by atoms with Gasteiger partial charge in [0.25, 0.3) is 0 Å². The third-order valence-electron chi connectivity index (χ3n) is 7.08. The van der Waals surface area contributed by atoms with Gasteiger partial charge in [0.2, 0.25) is 15.9 Å². The number of aromatic nitrogens is 2. The number of carbonyl (C=O) groups is 1. The van der Waals surface area contributed by atoms with Gasteiger partial charge in [0.1, 0.15) is 5.82 Å². The van der Waals surface area contributed by atoms with Crippen molar-refractivity contribution in [2.75, 3.05) is 0 Å². The Morgan fingerprint density at radius 1 is 1.00 bits per heavy atom. The van der Waals surface area contributed by atoms with E-state index in [1.165, 1.54) is 12.1 Å². The summed E-state index contributed by atoms with van der Waals surface area (Å²) in [5, 5.41) is 3.73. The molecule has 1 aliphatic carbocycles. The van der Waals surface area contributed by atoms with Gasteiger partial charge in [-0.25, -0.2) is 22.5 Å². The van der Waals surface area contributed by atoms with E-state index in [-0.39, 0.29) is 34.6 Å². The normalized spacial score (nSPS) is 18.7. The zero-order chi connectivity index (χ0) is 26.7. The Bertz CT molecular complexity index is 1540. The number of carbonyl (C=O) groups excluding carboxylic acids is 1. The summed E-state index contributed by atoms with van der Waals surface area (Å²) in [6.07, 6.45) is 5.77. The molecule has 0 spiro atoms. The Hall–Kier alpha value is -3.69. The van der Waals surface area contributed by atoms with Gasteiger partial charge in [-0.1, -0.05) is 18.2 Å². The van der Waals surface area contributed by atoms with Crippen molar-refractivity contribution in [2.24, 2.45) is 5.92 Å². The summed E-state index contributed by atoms with van der Waals surface area (Å²) in [5.41, 5.74) is 3.20. The number of fused-ring (bicyclic) bond motifs is 1. The first-order chi connectivity index (χ1) is 18.3. The Kier molecular flexibility index (Phi) is 7.49. The molecule has 4 aromatic rings. The van der Waals surface area contributed by atoms with Crippen LogP contribution in [0.5, 0.6) is 0 Å². The molecule has 1 atom stereocenters. The summed E-state index contributed by atoms with van der Waals surface area (Å²) in [5.74, 6) is -0.557. The van der Waals surface area contributed by atoms with Crippen LogP contribution >= 0.6 is 0 Å². The minimum absolute atomic E-state index is 0.0594. The Morgan fingerprint density at radius 2 is 1.76 bits per heavy atom. The minimum Gasteiger partial charge on any atom is -0.349 e. The van der Waals surface area contributed by atoms with Gasteiger partial charge in [0.05, 0.1) is 22.1 Å². The van der Waals surface area contributed by atoms with E-state index in [0.29, 0.717) is 31.2 Å². The third kappa shape index (κ3) is 5.89. The molecule has 2 aromatic carbocycles. The largest absolute Gasteiger partial charge is 0.349 e. The fourth-order valence-corrected chi connectivity index (χ4v) is 6.21. The van der Waals surface area contributed by atoms with Crippen molar-refractivity contribution in [2.45, 2.75) is 49.6 Å². The van der Waals surface area contributed by atoms with Crippen LogP contribution in [-0.2, 0) is 14.8 Å². The Morgan fingerprint density at radius 3 is 2.47 bits per heavy atom. The van der Waals surface area contributed by atoms with E-state index in [1.54, 1.807) is 42.7 Å². The van der Waals surface area contributed by atoms with Gasteiger partial charge in [0.15, 0.2) is 0 Å².